The minimum Gasteiger partial charge on any atom is -0.382 e. The third kappa shape index (κ3) is 59.9. The van der Waals surface area contributed by atoms with Crippen LogP contribution in [0.5, 0.6) is 0 Å². The standard InChI is InChI=1S/C5H11N.C4H8S.C4H8/c1-5(2)6(3)4;1-4(2)5-3;1-4(2)3/h1H2,2-4H3;1H2,2-3H3;1H2,2-3H3. The first-order valence-electron chi connectivity index (χ1n) is 4.79. The number of rotatable bonds is 2. The largest absolute Gasteiger partial charge is 0.382 e. The Morgan fingerprint density at radius 2 is 1.07 bits per heavy atom. The monoisotopic (exact) mass is 229 g/mol. The summed E-state index contributed by atoms with van der Waals surface area (Å²) >= 11 is 1.69. The van der Waals surface area contributed by atoms with Crippen molar-refractivity contribution < 1.29 is 0 Å². The second-order valence-corrected chi connectivity index (χ2v) is 4.85. The number of allylic oxidation sites excluding steroid dienone is 3. The lowest BCUT2D eigenvalue weighted by molar-refractivity contribution is 0.516. The summed E-state index contributed by atoms with van der Waals surface area (Å²) in [5, 5.41) is 0. The summed E-state index contributed by atoms with van der Waals surface area (Å²) in [7, 11) is 3.95. The van der Waals surface area contributed by atoms with E-state index in [2.05, 4.69) is 19.7 Å². The van der Waals surface area contributed by atoms with Crippen LogP contribution >= 0.6 is 11.8 Å². The number of hydrogen-bond acceptors (Lipinski definition) is 2. The fourth-order valence-corrected chi connectivity index (χ4v) is 0. The van der Waals surface area contributed by atoms with Crippen molar-refractivity contribution in [3.05, 3.63) is 35.9 Å². The molecule has 0 saturated carbocycles. The van der Waals surface area contributed by atoms with Gasteiger partial charge in [-0.2, -0.15) is 0 Å². The molecule has 0 unspecified atom stereocenters. The van der Waals surface area contributed by atoms with Gasteiger partial charge >= 0.3 is 0 Å². The summed E-state index contributed by atoms with van der Waals surface area (Å²) in [6.07, 6.45) is 2.02. The van der Waals surface area contributed by atoms with Crippen LogP contribution in [-0.4, -0.2) is 25.3 Å². The molecule has 0 aliphatic heterocycles. The van der Waals surface area contributed by atoms with Crippen LogP contribution in [-0.2, 0) is 0 Å². The van der Waals surface area contributed by atoms with Gasteiger partial charge in [-0.3, -0.25) is 0 Å². The molecule has 0 fully saturated rings. The fourth-order valence-electron chi connectivity index (χ4n) is 0. The Labute approximate surface area is 101 Å². The molecule has 90 valence electrons. The maximum absolute atomic E-state index is 3.68. The van der Waals surface area contributed by atoms with E-state index >= 15 is 0 Å². The highest BCUT2D eigenvalue weighted by Gasteiger charge is 1.79. The molecule has 0 aromatic rings. The molecule has 0 bridgehead atoms. The van der Waals surface area contributed by atoms with Crippen LogP contribution in [0.15, 0.2) is 35.9 Å². The minimum atomic E-state index is 1.09. The lowest BCUT2D eigenvalue weighted by atomic mass is 10.4. The van der Waals surface area contributed by atoms with Gasteiger partial charge in [0, 0.05) is 19.8 Å². The quantitative estimate of drug-likeness (QED) is 0.639. The summed E-state index contributed by atoms with van der Waals surface area (Å²) in [6.45, 7) is 18.8. The molecule has 0 rings (SSSR count). The Hall–Kier alpha value is -0.630. The maximum Gasteiger partial charge on any atom is 0.00578 e. The van der Waals surface area contributed by atoms with Crippen molar-refractivity contribution in [2.24, 2.45) is 0 Å². The molecule has 0 spiro atoms. The molecule has 15 heavy (non-hydrogen) atoms. The molecule has 1 nitrogen and oxygen atoms in total. The molecule has 0 radical (unpaired) electrons. The van der Waals surface area contributed by atoms with Crippen LogP contribution in [0.25, 0.3) is 0 Å². The first-order valence-corrected chi connectivity index (χ1v) is 6.02. The third-order valence-corrected chi connectivity index (χ3v) is 1.81. The van der Waals surface area contributed by atoms with Crippen molar-refractivity contribution in [1.29, 1.82) is 0 Å². The summed E-state index contributed by atoms with van der Waals surface area (Å²) in [5.74, 6) is 0. The van der Waals surface area contributed by atoms with Gasteiger partial charge in [0.05, 0.1) is 0 Å². The number of hydrogen-bond donors (Lipinski definition) is 0. The highest BCUT2D eigenvalue weighted by molar-refractivity contribution is 8.02. The van der Waals surface area contributed by atoms with Gasteiger partial charge in [-0.05, 0) is 38.9 Å². The van der Waals surface area contributed by atoms with Gasteiger partial charge in [0.2, 0.25) is 0 Å². The SMILES string of the molecule is C=C(C)C.C=C(C)N(C)C.C=C(C)SC. The van der Waals surface area contributed by atoms with Crippen LogP contribution in [0.3, 0.4) is 0 Å². The van der Waals surface area contributed by atoms with Crippen molar-refractivity contribution in [1.82, 2.24) is 4.90 Å². The second-order valence-electron chi connectivity index (χ2n) is 3.74. The minimum absolute atomic E-state index is 1.09. The van der Waals surface area contributed by atoms with Crippen molar-refractivity contribution in [2.75, 3.05) is 20.4 Å². The molecule has 0 atom stereocenters. The molecule has 0 aromatic carbocycles. The van der Waals surface area contributed by atoms with Crippen LogP contribution in [0.2, 0.25) is 0 Å². The smallest absolute Gasteiger partial charge is 0.00578 e. The number of thioether (sulfide) groups is 1. The normalized spacial score (nSPS) is 7.40. The van der Waals surface area contributed by atoms with Crippen molar-refractivity contribution in [2.45, 2.75) is 27.7 Å². The predicted octanol–water partition coefficient (Wildman–Crippen LogP) is 4.55. The summed E-state index contributed by atoms with van der Waals surface area (Å²) < 4.78 is 0. The van der Waals surface area contributed by atoms with E-state index in [1.54, 1.807) is 11.8 Å². The third-order valence-electron chi connectivity index (χ3n) is 1.11. The van der Waals surface area contributed by atoms with E-state index in [-0.39, 0.29) is 0 Å². The van der Waals surface area contributed by atoms with Crippen LogP contribution < -0.4 is 0 Å². The predicted molar refractivity (Wildman–Crippen MR) is 77.3 cm³/mol. The van der Waals surface area contributed by atoms with E-state index in [0.29, 0.717) is 0 Å². The van der Waals surface area contributed by atoms with E-state index in [4.69, 9.17) is 0 Å². The van der Waals surface area contributed by atoms with Crippen LogP contribution in [0.1, 0.15) is 27.7 Å². The Morgan fingerprint density at radius 1 is 0.933 bits per heavy atom. The van der Waals surface area contributed by atoms with E-state index in [9.17, 15) is 0 Å². The second kappa shape index (κ2) is 13.4. The van der Waals surface area contributed by atoms with Gasteiger partial charge in [0.1, 0.15) is 0 Å². The molecule has 0 heterocycles. The summed E-state index contributed by atoms with van der Waals surface area (Å²) in [6, 6.07) is 0. The van der Waals surface area contributed by atoms with E-state index in [0.717, 1.165) is 5.70 Å². The lowest BCUT2D eigenvalue weighted by Gasteiger charge is -2.08. The van der Waals surface area contributed by atoms with Gasteiger partial charge < -0.3 is 4.90 Å². The van der Waals surface area contributed by atoms with Gasteiger partial charge in [0.25, 0.3) is 0 Å². The van der Waals surface area contributed by atoms with Crippen molar-refractivity contribution in [3.63, 3.8) is 0 Å². The Kier molecular flexibility index (Phi) is 17.7. The zero-order valence-electron chi connectivity index (χ0n) is 11.5. The van der Waals surface area contributed by atoms with Gasteiger partial charge in [-0.15, -0.1) is 18.3 Å². The topological polar surface area (TPSA) is 3.24 Å². The van der Waals surface area contributed by atoms with E-state index in [1.807, 2.05) is 52.9 Å². The van der Waals surface area contributed by atoms with E-state index in [1.165, 1.54) is 10.5 Å². The van der Waals surface area contributed by atoms with Gasteiger partial charge in [0.15, 0.2) is 0 Å². The summed E-state index contributed by atoms with van der Waals surface area (Å²) in [5.41, 5.74) is 2.26. The summed E-state index contributed by atoms with van der Waals surface area (Å²) in [4.78, 5) is 3.14. The van der Waals surface area contributed by atoms with Gasteiger partial charge in [-0.25, -0.2) is 0 Å². The average molecular weight is 229 g/mol. The molecule has 0 saturated heterocycles. The molecular formula is C13H27NS. The van der Waals surface area contributed by atoms with Crippen LogP contribution in [0.4, 0.5) is 0 Å². The van der Waals surface area contributed by atoms with Gasteiger partial charge in [-0.1, -0.05) is 18.7 Å². The molecule has 0 amide bonds. The highest BCUT2D eigenvalue weighted by Crippen LogP contribution is 2.03. The molecular weight excluding hydrogens is 202 g/mol. The Balaban J connectivity index is -0.000000147. The molecule has 0 aliphatic rings. The average Bonchev–Trinajstić information content (AvgIpc) is 2.04. The molecule has 0 N–H and O–H groups in total. The first-order chi connectivity index (χ1) is 6.64. The fraction of sp³-hybridized carbons (Fsp3) is 0.538. The van der Waals surface area contributed by atoms with E-state index < -0.39 is 0 Å². The van der Waals surface area contributed by atoms with Crippen molar-refractivity contribution >= 4 is 11.8 Å². The Bertz CT molecular complexity index is 189. The zero-order chi connectivity index (χ0) is 13.0. The molecule has 0 aliphatic carbocycles. The van der Waals surface area contributed by atoms with Crippen molar-refractivity contribution in [3.8, 4) is 0 Å². The number of nitrogens with zero attached hydrogens (tertiary/aromatic N) is 1. The molecule has 0 aromatic heterocycles. The molecule has 2 heteroatoms. The maximum atomic E-state index is 3.68. The highest BCUT2D eigenvalue weighted by atomic mass is 32.2. The zero-order valence-corrected chi connectivity index (χ0v) is 12.3. The first kappa shape index (κ1) is 19.9. The Morgan fingerprint density at radius 3 is 1.07 bits per heavy atom. The van der Waals surface area contributed by atoms with Crippen LogP contribution in [0, 0.1) is 0 Å². The lowest BCUT2D eigenvalue weighted by Crippen LogP contribution is -2.05.